The van der Waals surface area contributed by atoms with Crippen LogP contribution in [0.2, 0.25) is 0 Å². The molecule has 0 radical (unpaired) electrons. The van der Waals surface area contributed by atoms with Crippen LogP contribution in [0.4, 0.5) is 0 Å². The van der Waals surface area contributed by atoms with Crippen molar-refractivity contribution in [1.29, 1.82) is 0 Å². The van der Waals surface area contributed by atoms with E-state index in [-0.39, 0.29) is 18.9 Å². The molecule has 3 saturated heterocycles. The van der Waals surface area contributed by atoms with Gasteiger partial charge in [-0.25, -0.2) is 0 Å². The highest BCUT2D eigenvalue weighted by Gasteiger charge is 2.53. The van der Waals surface area contributed by atoms with Crippen LogP contribution in [0.1, 0.15) is 303 Å². The zero-order valence-corrected chi connectivity index (χ0v) is 57.5. The lowest BCUT2D eigenvalue weighted by Crippen LogP contribution is -2.66. The summed E-state index contributed by atoms with van der Waals surface area (Å²) in [5.74, 6) is -0.253. The van der Waals surface area contributed by atoms with Crippen LogP contribution in [-0.2, 0) is 33.2 Å². The Kier molecular flexibility index (Phi) is 50.7. The fourth-order valence-electron chi connectivity index (χ4n) is 12.9. The fraction of sp³-hybridized carbons (Fsp3) is 0.932. The van der Waals surface area contributed by atoms with Gasteiger partial charge in [-0.15, -0.1) is 0 Å². The van der Waals surface area contributed by atoms with Crippen molar-refractivity contribution in [3.8, 4) is 0 Å². The molecule has 3 aliphatic rings. The van der Waals surface area contributed by atoms with Crippen molar-refractivity contribution in [2.24, 2.45) is 0 Å². The standard InChI is InChI=1S/C73H137NO18/c1-3-5-7-9-11-13-15-17-19-20-21-22-23-24-25-26-27-28-29-30-31-32-33-34-35-37-38-40-42-44-46-48-50-57(78)56(74-61(79)51-49-47-45-43-41-39-36-18-16-14-12-10-8-6-4-2)55-87-71-67(85)64(82)69(59(53-76)89-71)92-73-68(86)65(83)70(60(54-77)90-73)91-72-66(84)63(81)62(80)58(52-75)88-72/h12,14,18,36,56-60,62-73,75-78,80-86H,3-11,13,15-17,19-35,37-55H2,1-2H3,(H,74,79)/b14-12-,36-18-. The number of amides is 1. The van der Waals surface area contributed by atoms with Crippen LogP contribution in [0.25, 0.3) is 0 Å². The molecule has 0 bridgehead atoms. The van der Waals surface area contributed by atoms with Gasteiger partial charge in [0.05, 0.1) is 38.6 Å². The summed E-state index contributed by atoms with van der Waals surface area (Å²) in [4.78, 5) is 13.4. The summed E-state index contributed by atoms with van der Waals surface area (Å²) >= 11 is 0. The first-order valence-electron chi connectivity index (χ1n) is 37.6. The molecule has 0 aliphatic carbocycles. The minimum atomic E-state index is -1.97. The number of aliphatic hydroxyl groups is 11. The van der Waals surface area contributed by atoms with Gasteiger partial charge in [0.15, 0.2) is 18.9 Å². The van der Waals surface area contributed by atoms with E-state index in [0.717, 1.165) is 70.6 Å². The number of hydrogen-bond donors (Lipinski definition) is 12. The third-order valence-electron chi connectivity index (χ3n) is 19.0. The lowest BCUT2D eigenvalue weighted by Gasteiger charge is -2.48. The Balaban J connectivity index is 1.36. The number of ether oxygens (including phenoxy) is 6. The second kappa shape index (κ2) is 55.2. The minimum Gasteiger partial charge on any atom is -0.394 e. The zero-order chi connectivity index (χ0) is 66.8. The normalized spacial score (nSPS) is 27.8. The molecule has 3 rings (SSSR count). The maximum Gasteiger partial charge on any atom is 0.220 e. The molecule has 1 amide bonds. The van der Waals surface area contributed by atoms with Gasteiger partial charge < -0.3 is 89.9 Å². The summed E-state index contributed by atoms with van der Waals surface area (Å²) in [6.07, 6.45) is 37.1. The smallest absolute Gasteiger partial charge is 0.220 e. The third kappa shape index (κ3) is 36.2. The Labute approximate surface area is 556 Å². The number of carbonyl (C=O) groups excluding carboxylic acids is 1. The second-order valence-electron chi connectivity index (χ2n) is 27.1. The van der Waals surface area contributed by atoms with Gasteiger partial charge in [-0.2, -0.15) is 0 Å². The number of hydrogen-bond acceptors (Lipinski definition) is 18. The maximum absolute atomic E-state index is 13.4. The van der Waals surface area contributed by atoms with E-state index >= 15 is 0 Å². The molecule has 0 spiro atoms. The Bertz CT molecular complexity index is 1760. The molecule has 0 aromatic carbocycles. The lowest BCUT2D eigenvalue weighted by atomic mass is 9.96. The first kappa shape index (κ1) is 84.5. The average molecular weight is 1320 g/mol. The van der Waals surface area contributed by atoms with E-state index in [1.807, 2.05) is 0 Å². The highest BCUT2D eigenvalue weighted by Crippen LogP contribution is 2.33. The summed E-state index contributed by atoms with van der Waals surface area (Å²) in [7, 11) is 0. The predicted molar refractivity (Wildman–Crippen MR) is 360 cm³/mol. The third-order valence-corrected chi connectivity index (χ3v) is 19.0. The fourth-order valence-corrected chi connectivity index (χ4v) is 12.9. The zero-order valence-electron chi connectivity index (χ0n) is 57.5. The lowest BCUT2D eigenvalue weighted by molar-refractivity contribution is -0.379. The van der Waals surface area contributed by atoms with Crippen molar-refractivity contribution < 1.29 is 89.4 Å². The summed E-state index contributed by atoms with van der Waals surface area (Å²) < 4.78 is 34.4. The van der Waals surface area contributed by atoms with Crippen LogP contribution >= 0.6 is 0 Å². The Morgan fingerprint density at radius 2 is 0.717 bits per heavy atom. The first-order valence-corrected chi connectivity index (χ1v) is 37.6. The van der Waals surface area contributed by atoms with Gasteiger partial charge in [0.2, 0.25) is 5.91 Å². The molecule has 17 atom stereocenters. The van der Waals surface area contributed by atoms with Crippen molar-refractivity contribution in [2.45, 2.75) is 407 Å². The van der Waals surface area contributed by atoms with Gasteiger partial charge in [0.1, 0.15) is 73.2 Å². The maximum atomic E-state index is 13.4. The van der Waals surface area contributed by atoms with E-state index in [9.17, 15) is 61.0 Å². The first-order chi connectivity index (χ1) is 44.8. The van der Waals surface area contributed by atoms with Crippen LogP contribution in [0.5, 0.6) is 0 Å². The summed E-state index contributed by atoms with van der Waals surface area (Å²) in [6.45, 7) is 1.79. The molecular formula is C73H137NO18. The monoisotopic (exact) mass is 1320 g/mol. The molecule has 19 heteroatoms. The summed E-state index contributed by atoms with van der Waals surface area (Å²) in [5.41, 5.74) is 0. The molecular weight excluding hydrogens is 1180 g/mol. The largest absolute Gasteiger partial charge is 0.394 e. The molecule has 92 heavy (non-hydrogen) atoms. The van der Waals surface area contributed by atoms with E-state index in [1.54, 1.807) is 0 Å². The molecule has 12 N–H and O–H groups in total. The van der Waals surface area contributed by atoms with Crippen LogP contribution in [-0.4, -0.2) is 193 Å². The summed E-state index contributed by atoms with van der Waals surface area (Å²) in [5, 5.41) is 121. The van der Waals surface area contributed by atoms with E-state index in [4.69, 9.17) is 28.4 Å². The van der Waals surface area contributed by atoms with Crippen molar-refractivity contribution in [2.75, 3.05) is 26.4 Å². The highest BCUT2D eigenvalue weighted by atomic mass is 16.8. The molecule has 0 aromatic heterocycles. The molecule has 0 aromatic rings. The topological polar surface area (TPSA) is 307 Å². The Hall–Kier alpha value is -1.73. The van der Waals surface area contributed by atoms with Crippen molar-refractivity contribution in [3.05, 3.63) is 24.3 Å². The van der Waals surface area contributed by atoms with Gasteiger partial charge in [0.25, 0.3) is 0 Å². The van der Waals surface area contributed by atoms with E-state index < -0.39 is 124 Å². The van der Waals surface area contributed by atoms with Gasteiger partial charge in [0, 0.05) is 6.42 Å². The van der Waals surface area contributed by atoms with E-state index in [1.165, 1.54) is 199 Å². The van der Waals surface area contributed by atoms with Gasteiger partial charge in [-0.3, -0.25) is 4.79 Å². The van der Waals surface area contributed by atoms with Crippen molar-refractivity contribution in [1.82, 2.24) is 5.32 Å². The molecule has 3 heterocycles. The molecule has 19 nitrogen and oxygen atoms in total. The molecule has 3 fully saturated rings. The Morgan fingerprint density at radius 1 is 0.391 bits per heavy atom. The SMILES string of the molecule is CCCCC/C=C\C/C=C\CCCCCCCC(=O)NC(COC1OC(CO)C(OC2OC(CO)C(OC3OC(CO)C(O)C(O)C3O)C(O)C2O)C(O)C1O)C(O)CCCCCCCCCCCCCCCCCCCCCCCCCCCCCCCCCC. The number of nitrogens with one attached hydrogen (secondary N) is 1. The number of aliphatic hydroxyl groups excluding tert-OH is 11. The van der Waals surface area contributed by atoms with Crippen LogP contribution < -0.4 is 5.32 Å². The minimum absolute atomic E-state index is 0.252. The molecule has 0 saturated carbocycles. The number of allylic oxidation sites excluding steroid dienone is 4. The highest BCUT2D eigenvalue weighted by molar-refractivity contribution is 5.76. The van der Waals surface area contributed by atoms with Crippen LogP contribution in [0, 0.1) is 0 Å². The van der Waals surface area contributed by atoms with Crippen LogP contribution in [0.3, 0.4) is 0 Å². The molecule has 3 aliphatic heterocycles. The predicted octanol–water partition coefficient (Wildman–Crippen LogP) is 11.0. The number of carbonyl (C=O) groups is 1. The van der Waals surface area contributed by atoms with E-state index in [0.29, 0.717) is 12.8 Å². The molecule has 542 valence electrons. The summed E-state index contributed by atoms with van der Waals surface area (Å²) in [6, 6.07) is -0.894. The number of rotatable bonds is 59. The van der Waals surface area contributed by atoms with Gasteiger partial charge in [-0.1, -0.05) is 276 Å². The van der Waals surface area contributed by atoms with Gasteiger partial charge >= 0.3 is 0 Å². The molecule has 17 unspecified atom stereocenters. The quantitative estimate of drug-likeness (QED) is 0.0199. The van der Waals surface area contributed by atoms with Crippen molar-refractivity contribution >= 4 is 5.91 Å². The van der Waals surface area contributed by atoms with Crippen LogP contribution in [0.15, 0.2) is 24.3 Å². The van der Waals surface area contributed by atoms with Gasteiger partial charge in [-0.05, 0) is 44.9 Å². The van der Waals surface area contributed by atoms with E-state index in [2.05, 4.69) is 43.5 Å². The van der Waals surface area contributed by atoms with Crippen molar-refractivity contribution in [3.63, 3.8) is 0 Å². The second-order valence-corrected chi connectivity index (χ2v) is 27.1. The average Bonchev–Trinajstić information content (AvgIpc) is 0.837. The number of unbranched alkanes of at least 4 members (excludes halogenated alkanes) is 39. The Morgan fingerprint density at radius 3 is 1.13 bits per heavy atom.